The van der Waals surface area contributed by atoms with Gasteiger partial charge in [0, 0.05) is 48.6 Å². The second-order valence-electron chi connectivity index (χ2n) is 10.9. The van der Waals surface area contributed by atoms with Crippen molar-refractivity contribution >= 4 is 51.1 Å². The molecule has 6 rings (SSSR count). The normalized spacial score (nSPS) is 15.3. The molecule has 1 atom stereocenters. The molecule has 0 radical (unpaired) electrons. The zero-order chi connectivity index (χ0) is 33.4. The van der Waals surface area contributed by atoms with E-state index in [0.717, 1.165) is 6.08 Å². The van der Waals surface area contributed by atoms with Crippen molar-refractivity contribution in [1.29, 1.82) is 5.26 Å². The fourth-order valence-corrected chi connectivity index (χ4v) is 6.07. The Bertz CT molecular complexity index is 2120. The average molecular weight is 659 g/mol. The van der Waals surface area contributed by atoms with Gasteiger partial charge in [0.15, 0.2) is 11.6 Å². The summed E-state index contributed by atoms with van der Waals surface area (Å²) in [6.45, 7) is 3.69. The smallest absolute Gasteiger partial charge is 0.318 e. The minimum Gasteiger partial charge on any atom is -0.467 e. The van der Waals surface area contributed by atoms with Gasteiger partial charge in [0.2, 0.25) is 0 Å². The van der Waals surface area contributed by atoms with E-state index in [9.17, 15) is 14.4 Å². The van der Waals surface area contributed by atoms with Gasteiger partial charge in [-0.2, -0.15) is 15.2 Å². The highest BCUT2D eigenvalue weighted by molar-refractivity contribution is 6.36. The van der Waals surface area contributed by atoms with Crippen LogP contribution < -0.4 is 9.64 Å². The Morgan fingerprint density at radius 3 is 2.70 bits per heavy atom. The summed E-state index contributed by atoms with van der Waals surface area (Å²) in [6, 6.07) is 10.6. The highest BCUT2D eigenvalue weighted by Crippen LogP contribution is 2.38. The van der Waals surface area contributed by atoms with E-state index in [-0.39, 0.29) is 70.8 Å². The number of carbonyl (C=O) groups excluding carboxylic acids is 1. The van der Waals surface area contributed by atoms with E-state index in [2.05, 4.69) is 31.0 Å². The van der Waals surface area contributed by atoms with Crippen molar-refractivity contribution < 1.29 is 22.7 Å². The second kappa shape index (κ2) is 12.8. The standard InChI is InChI=1S/C33H26ClF3N8O2/c1-17-13-20(41-18(2)40-17)14-25(36)32(46)45-12-11-44(16-21(45)9-10-38)31-23-15-39-29(28(37)30(23)42-33(43-31)47-3)22-6-4-5-19-7-8-24(35)27(34)26(19)22/h4-8,13-15,21H,9,11-12,16H2,1-3H3/b25-14-/t21-/m0/s1. The number of hydrogen-bond acceptors (Lipinski definition) is 9. The lowest BCUT2D eigenvalue weighted by Gasteiger charge is -2.41. The summed E-state index contributed by atoms with van der Waals surface area (Å²) in [6.07, 6.45) is 2.35. The molecule has 238 valence electrons. The van der Waals surface area contributed by atoms with Gasteiger partial charge in [-0.05, 0) is 31.4 Å². The predicted octanol–water partition coefficient (Wildman–Crippen LogP) is 6.13. The van der Waals surface area contributed by atoms with Crippen molar-refractivity contribution in [2.75, 3.05) is 31.6 Å². The first-order valence-corrected chi connectivity index (χ1v) is 14.9. The fraction of sp³-hybridized carbons (Fsp3) is 0.242. The summed E-state index contributed by atoms with van der Waals surface area (Å²) in [7, 11) is 1.34. The Morgan fingerprint density at radius 1 is 1.15 bits per heavy atom. The van der Waals surface area contributed by atoms with Crippen LogP contribution in [0.1, 0.15) is 23.6 Å². The molecule has 2 aromatic carbocycles. The molecular formula is C33H26ClF3N8O2. The number of piperazine rings is 1. The number of fused-ring (bicyclic) bond motifs is 2. The van der Waals surface area contributed by atoms with E-state index >= 15 is 8.78 Å². The molecule has 3 aromatic heterocycles. The summed E-state index contributed by atoms with van der Waals surface area (Å²) >= 11 is 6.31. The van der Waals surface area contributed by atoms with E-state index in [1.165, 1.54) is 24.3 Å². The average Bonchev–Trinajstić information content (AvgIpc) is 3.05. The minimum atomic E-state index is -1.03. The number of methoxy groups -OCH3 is 1. The molecule has 14 heteroatoms. The second-order valence-corrected chi connectivity index (χ2v) is 11.3. The SMILES string of the molecule is COc1nc(N2CCN(C(=O)/C(F)=C/c3cc(C)nc(C)n3)[C@@H](CC#N)C2)c2cnc(-c3cccc4ccc(F)c(Cl)c34)c(F)c2n1. The number of nitrogens with zero attached hydrogens (tertiary/aromatic N) is 8. The maximum atomic E-state index is 16.3. The molecule has 1 aliphatic rings. The third kappa shape index (κ3) is 5.99. The van der Waals surface area contributed by atoms with Crippen LogP contribution in [0.5, 0.6) is 6.01 Å². The van der Waals surface area contributed by atoms with Gasteiger partial charge in [-0.3, -0.25) is 9.78 Å². The summed E-state index contributed by atoms with van der Waals surface area (Å²) in [5.41, 5.74) is 0.938. The van der Waals surface area contributed by atoms with Gasteiger partial charge < -0.3 is 14.5 Å². The number of pyridine rings is 1. The predicted molar refractivity (Wildman–Crippen MR) is 170 cm³/mol. The van der Waals surface area contributed by atoms with Gasteiger partial charge in [0.25, 0.3) is 5.91 Å². The highest BCUT2D eigenvalue weighted by atomic mass is 35.5. The van der Waals surface area contributed by atoms with Gasteiger partial charge in [-0.25, -0.2) is 23.1 Å². The van der Waals surface area contributed by atoms with Crippen LogP contribution in [0, 0.1) is 36.8 Å². The molecule has 0 N–H and O–H groups in total. The van der Waals surface area contributed by atoms with Crippen LogP contribution in [0.3, 0.4) is 0 Å². The third-order valence-electron chi connectivity index (χ3n) is 7.85. The molecule has 1 fully saturated rings. The van der Waals surface area contributed by atoms with Gasteiger partial charge in [0.05, 0.1) is 41.7 Å². The zero-order valence-electron chi connectivity index (χ0n) is 25.4. The zero-order valence-corrected chi connectivity index (χ0v) is 26.2. The van der Waals surface area contributed by atoms with Crippen molar-refractivity contribution in [1.82, 2.24) is 29.8 Å². The number of halogens is 4. The van der Waals surface area contributed by atoms with Gasteiger partial charge in [-0.1, -0.05) is 35.9 Å². The molecule has 47 heavy (non-hydrogen) atoms. The lowest BCUT2D eigenvalue weighted by atomic mass is 10.0. The number of benzene rings is 2. The number of carbonyl (C=O) groups is 1. The Hall–Kier alpha value is -5.35. The molecule has 1 aliphatic heterocycles. The molecular weight excluding hydrogens is 633 g/mol. The Labute approximate surface area is 272 Å². The lowest BCUT2D eigenvalue weighted by molar-refractivity contribution is -0.131. The minimum absolute atomic E-state index is 0.0378. The van der Waals surface area contributed by atoms with Crippen molar-refractivity contribution in [3.05, 3.63) is 82.3 Å². The van der Waals surface area contributed by atoms with Gasteiger partial charge >= 0.3 is 6.01 Å². The van der Waals surface area contributed by atoms with Crippen LogP contribution in [0.2, 0.25) is 5.02 Å². The number of aromatic nitrogens is 5. The molecule has 5 aromatic rings. The van der Waals surface area contributed by atoms with Crippen molar-refractivity contribution in [2.24, 2.45) is 0 Å². The van der Waals surface area contributed by atoms with Crippen molar-refractivity contribution in [3.63, 3.8) is 0 Å². The highest BCUT2D eigenvalue weighted by Gasteiger charge is 2.34. The maximum absolute atomic E-state index is 16.3. The first-order valence-electron chi connectivity index (χ1n) is 14.5. The maximum Gasteiger partial charge on any atom is 0.318 e. The quantitative estimate of drug-likeness (QED) is 0.198. The number of hydrogen-bond donors (Lipinski definition) is 0. The molecule has 0 unspecified atom stereocenters. The Kier molecular flexibility index (Phi) is 8.62. The largest absolute Gasteiger partial charge is 0.467 e. The van der Waals surface area contributed by atoms with Crippen molar-refractivity contribution in [3.8, 4) is 23.3 Å². The number of amides is 1. The van der Waals surface area contributed by atoms with Crippen molar-refractivity contribution in [2.45, 2.75) is 26.3 Å². The summed E-state index contributed by atoms with van der Waals surface area (Å²) in [5.74, 6) is -2.68. The number of anilines is 1. The van der Waals surface area contributed by atoms with Crippen LogP contribution in [-0.2, 0) is 4.79 Å². The van der Waals surface area contributed by atoms with E-state index < -0.39 is 29.4 Å². The molecule has 1 saturated heterocycles. The molecule has 0 saturated carbocycles. The van der Waals surface area contributed by atoms with Gasteiger partial charge in [-0.15, -0.1) is 0 Å². The Balaban J connectivity index is 1.36. The van der Waals surface area contributed by atoms with Crippen LogP contribution in [0.25, 0.3) is 39.0 Å². The molecule has 0 aliphatic carbocycles. The van der Waals surface area contributed by atoms with Crippen LogP contribution in [0.4, 0.5) is 19.0 Å². The topological polar surface area (TPSA) is 121 Å². The molecule has 10 nitrogen and oxygen atoms in total. The van der Waals surface area contributed by atoms with E-state index in [4.69, 9.17) is 16.3 Å². The molecule has 4 heterocycles. The molecule has 1 amide bonds. The third-order valence-corrected chi connectivity index (χ3v) is 8.22. The van der Waals surface area contributed by atoms with Crippen LogP contribution in [-0.4, -0.2) is 68.5 Å². The molecule has 0 spiro atoms. The fourth-order valence-electron chi connectivity index (χ4n) is 5.79. The monoisotopic (exact) mass is 658 g/mol. The number of aryl methyl sites for hydroxylation is 2. The van der Waals surface area contributed by atoms with Crippen LogP contribution in [0.15, 0.2) is 48.4 Å². The van der Waals surface area contributed by atoms with Gasteiger partial charge in [0.1, 0.15) is 28.7 Å². The number of nitriles is 1. The van der Waals surface area contributed by atoms with E-state index in [1.54, 1.807) is 49.1 Å². The summed E-state index contributed by atoms with van der Waals surface area (Å²) in [5, 5.41) is 10.6. The van der Waals surface area contributed by atoms with E-state index in [1.807, 2.05) is 0 Å². The number of rotatable bonds is 6. The molecule has 0 bridgehead atoms. The van der Waals surface area contributed by atoms with E-state index in [0.29, 0.717) is 22.3 Å². The number of ether oxygens (including phenoxy) is 1. The summed E-state index contributed by atoms with van der Waals surface area (Å²) < 4.78 is 51.3. The summed E-state index contributed by atoms with van der Waals surface area (Å²) in [4.78, 5) is 37.7. The lowest BCUT2D eigenvalue weighted by Crippen LogP contribution is -2.55. The first kappa shape index (κ1) is 31.6. The van der Waals surface area contributed by atoms with Crippen LogP contribution >= 0.6 is 11.6 Å². The Morgan fingerprint density at radius 2 is 1.96 bits per heavy atom. The first-order chi connectivity index (χ1) is 22.6.